The average molecular weight is 563 g/mol. The van der Waals surface area contributed by atoms with Crippen LogP contribution >= 0.6 is 27.3 Å². The Morgan fingerprint density at radius 1 is 1.06 bits per heavy atom. The number of ketones is 1. The van der Waals surface area contributed by atoms with Gasteiger partial charge in [-0.15, -0.1) is 0 Å². The largest absolute Gasteiger partial charge is 0.507 e. The van der Waals surface area contributed by atoms with Crippen LogP contribution in [0.4, 0.5) is 5.13 Å². The highest BCUT2D eigenvalue weighted by Gasteiger charge is 2.48. The molecule has 7 nitrogen and oxygen atoms in total. The van der Waals surface area contributed by atoms with Crippen LogP contribution in [0.5, 0.6) is 11.5 Å². The van der Waals surface area contributed by atoms with E-state index < -0.39 is 17.7 Å². The van der Waals surface area contributed by atoms with Crippen molar-refractivity contribution in [2.75, 3.05) is 18.1 Å². The number of hydrogen-bond acceptors (Lipinski definition) is 7. The Kier molecular flexibility index (Phi) is 5.54. The zero-order valence-electron chi connectivity index (χ0n) is 19.0. The predicted molar refractivity (Wildman–Crippen MR) is 141 cm³/mol. The van der Waals surface area contributed by atoms with Gasteiger partial charge in [0.05, 0.1) is 21.8 Å². The van der Waals surface area contributed by atoms with E-state index in [-0.39, 0.29) is 11.3 Å². The van der Waals surface area contributed by atoms with Gasteiger partial charge in [-0.2, -0.15) is 0 Å². The van der Waals surface area contributed by atoms with Crippen molar-refractivity contribution in [3.05, 3.63) is 87.4 Å². The fraction of sp³-hybridized carbons (Fsp3) is 0.148. The number of carbonyl (C=O) groups excluding carboxylic acids is 2. The number of amides is 1. The summed E-state index contributed by atoms with van der Waals surface area (Å²) in [5.74, 6) is -0.765. The third kappa shape index (κ3) is 3.75. The number of benzene rings is 3. The number of fused-ring (bicyclic) bond motifs is 2. The molecule has 0 aliphatic carbocycles. The molecule has 1 aromatic heterocycles. The molecule has 0 saturated carbocycles. The highest BCUT2D eigenvalue weighted by atomic mass is 79.9. The molecule has 2 aliphatic rings. The molecule has 1 atom stereocenters. The monoisotopic (exact) mass is 562 g/mol. The summed E-state index contributed by atoms with van der Waals surface area (Å²) in [4.78, 5) is 32.9. The number of aryl methyl sites for hydroxylation is 1. The van der Waals surface area contributed by atoms with Crippen molar-refractivity contribution in [3.63, 3.8) is 0 Å². The summed E-state index contributed by atoms with van der Waals surface area (Å²) in [5.41, 5.74) is 2.82. The quantitative estimate of drug-likeness (QED) is 0.194. The summed E-state index contributed by atoms with van der Waals surface area (Å²) in [6, 6.07) is 17.3. The van der Waals surface area contributed by atoms with E-state index >= 15 is 0 Å². The van der Waals surface area contributed by atoms with Gasteiger partial charge in [0, 0.05) is 10.0 Å². The van der Waals surface area contributed by atoms with Gasteiger partial charge in [-0.05, 0) is 60.5 Å². The van der Waals surface area contributed by atoms with Gasteiger partial charge in [-0.25, -0.2) is 4.98 Å². The van der Waals surface area contributed by atoms with Crippen LogP contribution in [-0.2, 0) is 9.59 Å². The van der Waals surface area contributed by atoms with E-state index in [1.807, 2.05) is 49.4 Å². The molecular formula is C27H19BrN2O5S. The van der Waals surface area contributed by atoms with Gasteiger partial charge < -0.3 is 14.6 Å². The normalized spacial score (nSPS) is 18.7. The molecule has 2 aliphatic heterocycles. The molecule has 4 aromatic rings. The third-order valence-electron chi connectivity index (χ3n) is 6.16. The maximum absolute atomic E-state index is 13.4. The number of nitrogens with zero attached hydrogens (tertiary/aromatic N) is 2. The lowest BCUT2D eigenvalue weighted by atomic mass is 9.95. The molecule has 1 saturated heterocycles. The minimum atomic E-state index is -0.864. The number of Topliss-reactive ketones (excluding diaryl/α,β-unsaturated/α-hetero) is 1. The van der Waals surface area contributed by atoms with Crippen molar-refractivity contribution in [2.24, 2.45) is 0 Å². The van der Waals surface area contributed by atoms with E-state index in [2.05, 4.69) is 20.9 Å². The van der Waals surface area contributed by atoms with Gasteiger partial charge in [0.25, 0.3) is 5.78 Å². The first-order valence-corrected chi connectivity index (χ1v) is 12.9. The minimum Gasteiger partial charge on any atom is -0.507 e. The van der Waals surface area contributed by atoms with Gasteiger partial charge in [-0.3, -0.25) is 14.5 Å². The number of rotatable bonds is 3. The second kappa shape index (κ2) is 8.76. The Labute approximate surface area is 218 Å². The molecule has 1 fully saturated rings. The lowest BCUT2D eigenvalue weighted by Crippen LogP contribution is -2.29. The number of thiazole rings is 1. The lowest BCUT2D eigenvalue weighted by molar-refractivity contribution is -0.132. The van der Waals surface area contributed by atoms with Crippen LogP contribution in [0, 0.1) is 6.92 Å². The van der Waals surface area contributed by atoms with E-state index in [1.54, 1.807) is 18.2 Å². The summed E-state index contributed by atoms with van der Waals surface area (Å²) < 4.78 is 12.9. The van der Waals surface area contributed by atoms with Crippen molar-refractivity contribution in [1.29, 1.82) is 0 Å². The standard InChI is InChI=1S/C27H19BrN2O5S/c1-14-5-7-18-21(11-14)36-27(29-18)30-23(15-3-2-4-17(28)12-15)22(25(32)26(30)33)24(31)16-6-8-19-20(13-16)35-10-9-34-19/h2-8,11-13,23,31H,9-10H2,1H3/b24-22+. The van der Waals surface area contributed by atoms with Gasteiger partial charge in [0.15, 0.2) is 16.6 Å². The van der Waals surface area contributed by atoms with Crippen molar-refractivity contribution in [3.8, 4) is 11.5 Å². The molecule has 1 amide bonds. The summed E-state index contributed by atoms with van der Waals surface area (Å²) in [5, 5.41) is 11.8. The predicted octanol–water partition coefficient (Wildman–Crippen LogP) is 5.76. The summed E-state index contributed by atoms with van der Waals surface area (Å²) in [6.45, 7) is 2.81. The Hall–Kier alpha value is -3.69. The summed E-state index contributed by atoms with van der Waals surface area (Å²) >= 11 is 4.82. The summed E-state index contributed by atoms with van der Waals surface area (Å²) in [6.07, 6.45) is 0. The first-order chi connectivity index (χ1) is 17.4. The first kappa shape index (κ1) is 22.8. The third-order valence-corrected chi connectivity index (χ3v) is 7.67. The molecule has 3 aromatic carbocycles. The molecule has 36 heavy (non-hydrogen) atoms. The van der Waals surface area contributed by atoms with Crippen molar-refractivity contribution in [2.45, 2.75) is 13.0 Å². The van der Waals surface area contributed by atoms with Crippen LogP contribution in [-0.4, -0.2) is 35.0 Å². The number of anilines is 1. The smallest absolute Gasteiger partial charge is 0.301 e. The van der Waals surface area contributed by atoms with E-state index in [0.29, 0.717) is 41.0 Å². The molecule has 0 bridgehead atoms. The van der Waals surface area contributed by atoms with Crippen LogP contribution in [0.25, 0.3) is 16.0 Å². The first-order valence-electron chi connectivity index (χ1n) is 11.2. The van der Waals surface area contributed by atoms with Crippen molar-refractivity contribution in [1.82, 2.24) is 4.98 Å². The van der Waals surface area contributed by atoms with Crippen LogP contribution in [0.15, 0.2) is 70.7 Å². The number of halogens is 1. The van der Waals surface area contributed by atoms with Crippen molar-refractivity contribution >= 4 is 60.1 Å². The number of hydrogen-bond donors (Lipinski definition) is 1. The summed E-state index contributed by atoms with van der Waals surface area (Å²) in [7, 11) is 0. The molecule has 1 N–H and O–H groups in total. The minimum absolute atomic E-state index is 0.00906. The Morgan fingerprint density at radius 2 is 1.86 bits per heavy atom. The molecule has 0 spiro atoms. The Morgan fingerprint density at radius 3 is 2.67 bits per heavy atom. The molecule has 180 valence electrons. The molecule has 3 heterocycles. The zero-order chi connectivity index (χ0) is 25.0. The average Bonchev–Trinajstić information content (AvgIpc) is 3.41. The highest BCUT2D eigenvalue weighted by Crippen LogP contribution is 2.45. The van der Waals surface area contributed by atoms with Crippen LogP contribution in [0.2, 0.25) is 0 Å². The maximum atomic E-state index is 13.4. The van der Waals surface area contributed by atoms with Gasteiger partial charge in [-0.1, -0.05) is 45.5 Å². The van der Waals surface area contributed by atoms with E-state index in [4.69, 9.17) is 9.47 Å². The Bertz CT molecular complexity index is 1590. The topological polar surface area (TPSA) is 89.0 Å². The van der Waals surface area contributed by atoms with Crippen LogP contribution in [0.3, 0.4) is 0 Å². The van der Waals surface area contributed by atoms with Gasteiger partial charge in [0.2, 0.25) is 0 Å². The number of ether oxygens (including phenoxy) is 2. The van der Waals surface area contributed by atoms with E-state index in [1.165, 1.54) is 16.2 Å². The number of aliphatic hydroxyl groups is 1. The molecule has 6 rings (SSSR count). The van der Waals surface area contributed by atoms with Crippen LogP contribution < -0.4 is 14.4 Å². The second-order valence-corrected chi connectivity index (χ2v) is 10.5. The highest BCUT2D eigenvalue weighted by molar-refractivity contribution is 9.10. The van der Waals surface area contributed by atoms with Crippen LogP contribution in [0.1, 0.15) is 22.7 Å². The number of aromatic nitrogens is 1. The lowest BCUT2D eigenvalue weighted by Gasteiger charge is -2.23. The van der Waals surface area contributed by atoms with E-state index in [0.717, 1.165) is 20.3 Å². The molecule has 0 radical (unpaired) electrons. The fourth-order valence-electron chi connectivity index (χ4n) is 4.49. The van der Waals surface area contributed by atoms with Gasteiger partial charge >= 0.3 is 5.91 Å². The number of carbonyl (C=O) groups is 2. The number of aliphatic hydroxyl groups excluding tert-OH is 1. The Balaban J connectivity index is 1.54. The zero-order valence-corrected chi connectivity index (χ0v) is 21.4. The second-order valence-electron chi connectivity index (χ2n) is 8.55. The van der Waals surface area contributed by atoms with Crippen molar-refractivity contribution < 1.29 is 24.2 Å². The SMILES string of the molecule is Cc1ccc2nc(N3C(=O)C(=O)/C(=C(/O)c4ccc5c(c4)OCCO5)C3c3cccc(Br)c3)sc2c1. The molecule has 9 heteroatoms. The van der Waals surface area contributed by atoms with E-state index in [9.17, 15) is 14.7 Å². The van der Waals surface area contributed by atoms with Gasteiger partial charge in [0.1, 0.15) is 19.0 Å². The molecule has 1 unspecified atom stereocenters. The maximum Gasteiger partial charge on any atom is 0.301 e. The fourth-order valence-corrected chi connectivity index (χ4v) is 6.00. The molecular weight excluding hydrogens is 544 g/mol.